The summed E-state index contributed by atoms with van der Waals surface area (Å²) in [5, 5.41) is 9.49. The van der Waals surface area contributed by atoms with E-state index in [2.05, 4.69) is 19.7 Å². The molecular weight excluding hydrogens is 128 g/mol. The SMILES string of the molecule is C=C(C)C(=O)[O-].C=CC=C. The Morgan fingerprint density at radius 3 is 1.60 bits per heavy atom. The molecule has 56 valence electrons. The van der Waals surface area contributed by atoms with Crippen LogP contribution in [-0.4, -0.2) is 5.97 Å². The fourth-order valence-electron chi connectivity index (χ4n) is 0. The first kappa shape index (κ1) is 11.5. The number of hydrogen-bond donors (Lipinski definition) is 0. The van der Waals surface area contributed by atoms with Crippen molar-refractivity contribution in [2.75, 3.05) is 0 Å². The van der Waals surface area contributed by atoms with E-state index in [1.807, 2.05) is 0 Å². The molecule has 0 aromatic heterocycles. The predicted molar refractivity (Wildman–Crippen MR) is 40.2 cm³/mol. The van der Waals surface area contributed by atoms with Gasteiger partial charge in [0.15, 0.2) is 0 Å². The van der Waals surface area contributed by atoms with Crippen LogP contribution in [-0.2, 0) is 4.79 Å². The Kier molecular flexibility index (Phi) is 8.83. The van der Waals surface area contributed by atoms with E-state index in [0.717, 1.165) is 0 Å². The van der Waals surface area contributed by atoms with Gasteiger partial charge < -0.3 is 9.90 Å². The van der Waals surface area contributed by atoms with Crippen LogP contribution >= 0.6 is 0 Å². The van der Waals surface area contributed by atoms with Crippen molar-refractivity contribution in [1.82, 2.24) is 0 Å². The van der Waals surface area contributed by atoms with Crippen LogP contribution in [0.2, 0.25) is 0 Å². The van der Waals surface area contributed by atoms with Crippen LogP contribution in [0.5, 0.6) is 0 Å². The van der Waals surface area contributed by atoms with E-state index in [1.165, 1.54) is 6.92 Å². The van der Waals surface area contributed by atoms with Gasteiger partial charge in [-0.15, -0.1) is 0 Å². The van der Waals surface area contributed by atoms with Gasteiger partial charge in [-0.2, -0.15) is 0 Å². The lowest BCUT2D eigenvalue weighted by molar-refractivity contribution is -0.299. The summed E-state index contributed by atoms with van der Waals surface area (Å²) >= 11 is 0. The Morgan fingerprint density at radius 1 is 1.40 bits per heavy atom. The Hall–Kier alpha value is -1.31. The van der Waals surface area contributed by atoms with Crippen LogP contribution < -0.4 is 5.11 Å². The Morgan fingerprint density at radius 2 is 1.60 bits per heavy atom. The average Bonchev–Trinajstić information content (AvgIpc) is 1.89. The highest BCUT2D eigenvalue weighted by molar-refractivity contribution is 5.82. The minimum absolute atomic E-state index is 0.0648. The Bertz CT molecular complexity index is 127. The van der Waals surface area contributed by atoms with Crippen LogP contribution in [0.15, 0.2) is 37.5 Å². The summed E-state index contributed by atoms with van der Waals surface area (Å²) in [5.74, 6) is -1.19. The smallest absolute Gasteiger partial charge is 0.0666 e. The van der Waals surface area contributed by atoms with Crippen LogP contribution in [0, 0.1) is 0 Å². The minimum Gasteiger partial charge on any atom is -0.545 e. The number of carboxylic acids is 1. The van der Waals surface area contributed by atoms with Gasteiger partial charge in [-0.1, -0.05) is 31.9 Å². The highest BCUT2D eigenvalue weighted by atomic mass is 16.4. The molecule has 0 spiro atoms. The third kappa shape index (κ3) is 15.9. The van der Waals surface area contributed by atoms with Gasteiger partial charge in [0, 0.05) is 0 Å². The summed E-state index contributed by atoms with van der Waals surface area (Å²) in [4.78, 5) is 9.49. The summed E-state index contributed by atoms with van der Waals surface area (Å²) in [6.07, 6.45) is 3.28. The molecule has 0 radical (unpaired) electrons. The van der Waals surface area contributed by atoms with Gasteiger partial charge in [0.05, 0.1) is 5.97 Å². The fraction of sp³-hybridized carbons (Fsp3) is 0.125. The maximum Gasteiger partial charge on any atom is 0.0666 e. The summed E-state index contributed by atoms with van der Waals surface area (Å²) < 4.78 is 0. The maximum absolute atomic E-state index is 9.49. The zero-order chi connectivity index (χ0) is 8.57. The van der Waals surface area contributed by atoms with Gasteiger partial charge in [-0.25, -0.2) is 0 Å². The van der Waals surface area contributed by atoms with Crippen molar-refractivity contribution in [3.8, 4) is 0 Å². The molecule has 0 aromatic rings. The van der Waals surface area contributed by atoms with Gasteiger partial charge in [-0.3, -0.25) is 0 Å². The molecule has 0 aliphatic heterocycles. The van der Waals surface area contributed by atoms with Gasteiger partial charge in [0.25, 0.3) is 0 Å². The number of aliphatic carboxylic acids is 1. The van der Waals surface area contributed by atoms with Crippen molar-refractivity contribution in [3.63, 3.8) is 0 Å². The second kappa shape index (κ2) is 7.69. The largest absolute Gasteiger partial charge is 0.545 e. The zero-order valence-corrected chi connectivity index (χ0v) is 6.09. The van der Waals surface area contributed by atoms with Crippen molar-refractivity contribution < 1.29 is 9.90 Å². The minimum atomic E-state index is -1.19. The van der Waals surface area contributed by atoms with Crippen LogP contribution in [0.25, 0.3) is 0 Å². The van der Waals surface area contributed by atoms with E-state index >= 15 is 0 Å². The van der Waals surface area contributed by atoms with Crippen molar-refractivity contribution >= 4 is 5.97 Å². The topological polar surface area (TPSA) is 40.1 Å². The summed E-state index contributed by atoms with van der Waals surface area (Å²) in [7, 11) is 0. The van der Waals surface area contributed by atoms with Gasteiger partial charge in [0.1, 0.15) is 0 Å². The van der Waals surface area contributed by atoms with E-state index in [0.29, 0.717) is 0 Å². The van der Waals surface area contributed by atoms with Crippen molar-refractivity contribution in [1.29, 1.82) is 0 Å². The molecule has 0 atom stereocenters. The fourth-order valence-corrected chi connectivity index (χ4v) is 0. The molecule has 0 aliphatic carbocycles. The average molecular weight is 139 g/mol. The highest BCUT2D eigenvalue weighted by Crippen LogP contribution is 1.77. The van der Waals surface area contributed by atoms with E-state index in [9.17, 15) is 9.90 Å². The third-order valence-electron chi connectivity index (χ3n) is 0.515. The number of allylic oxidation sites excluding steroid dienone is 2. The maximum atomic E-state index is 9.49. The molecule has 0 saturated heterocycles. The monoisotopic (exact) mass is 139 g/mol. The van der Waals surface area contributed by atoms with Crippen molar-refractivity contribution in [3.05, 3.63) is 37.5 Å². The van der Waals surface area contributed by atoms with Crippen molar-refractivity contribution in [2.24, 2.45) is 0 Å². The molecule has 0 aliphatic rings. The van der Waals surface area contributed by atoms with Gasteiger partial charge >= 0.3 is 0 Å². The molecule has 0 amide bonds. The molecule has 2 nitrogen and oxygen atoms in total. The number of hydrogen-bond acceptors (Lipinski definition) is 2. The quantitative estimate of drug-likeness (QED) is 0.416. The van der Waals surface area contributed by atoms with Gasteiger partial charge in [0.2, 0.25) is 0 Å². The van der Waals surface area contributed by atoms with Crippen LogP contribution in [0.4, 0.5) is 0 Å². The second-order valence-corrected chi connectivity index (χ2v) is 1.54. The first-order valence-corrected chi connectivity index (χ1v) is 2.66. The highest BCUT2D eigenvalue weighted by Gasteiger charge is 1.76. The molecule has 0 bridgehead atoms. The number of rotatable bonds is 2. The summed E-state index contributed by atoms with van der Waals surface area (Å²) in [6.45, 7) is 11.2. The van der Waals surface area contributed by atoms with Crippen LogP contribution in [0.1, 0.15) is 6.92 Å². The molecule has 0 saturated carbocycles. The molecule has 0 rings (SSSR count). The first-order chi connectivity index (χ1) is 4.56. The zero-order valence-electron chi connectivity index (χ0n) is 6.09. The van der Waals surface area contributed by atoms with Crippen molar-refractivity contribution in [2.45, 2.75) is 6.92 Å². The third-order valence-corrected chi connectivity index (χ3v) is 0.515. The normalized spacial score (nSPS) is 6.50. The second-order valence-electron chi connectivity index (χ2n) is 1.54. The molecule has 0 aromatic carbocycles. The molecule has 2 heteroatoms. The number of carboxylic acid groups (broad SMARTS) is 1. The Labute approximate surface area is 61.2 Å². The number of carbonyl (C=O) groups is 1. The molecule has 0 fully saturated rings. The standard InChI is InChI=1S/C4H6O2.C4H6/c1-3(2)4(5)6;1-3-4-2/h1H2,2H3,(H,5,6);3-4H,1-2H2/p-1. The molecule has 0 unspecified atom stereocenters. The first-order valence-electron chi connectivity index (χ1n) is 2.66. The molecule has 0 heterocycles. The molecule has 0 N–H and O–H groups in total. The van der Waals surface area contributed by atoms with E-state index in [1.54, 1.807) is 12.2 Å². The van der Waals surface area contributed by atoms with E-state index in [4.69, 9.17) is 0 Å². The lowest BCUT2D eigenvalue weighted by atomic mass is 10.4. The summed E-state index contributed by atoms with van der Waals surface area (Å²) in [5.41, 5.74) is 0.0648. The van der Waals surface area contributed by atoms with Gasteiger partial charge in [-0.05, 0) is 12.5 Å². The predicted octanol–water partition coefficient (Wildman–Crippen LogP) is 0.671. The molecule has 10 heavy (non-hydrogen) atoms. The lowest BCUT2D eigenvalue weighted by Gasteiger charge is -1.93. The lowest BCUT2D eigenvalue weighted by Crippen LogP contribution is -2.22. The number of carbonyl (C=O) groups excluding carboxylic acids is 1. The molecular formula is C8H11O2-. The van der Waals surface area contributed by atoms with E-state index in [-0.39, 0.29) is 5.57 Å². The summed E-state index contributed by atoms with van der Waals surface area (Å²) in [6, 6.07) is 0. The van der Waals surface area contributed by atoms with E-state index < -0.39 is 5.97 Å². The van der Waals surface area contributed by atoms with Crippen LogP contribution in [0.3, 0.4) is 0 Å². The Balaban J connectivity index is 0.